The number of alkyl halides is 3. The van der Waals surface area contributed by atoms with Crippen LogP contribution in [0.15, 0.2) is 39.9 Å². The van der Waals surface area contributed by atoms with E-state index in [1.807, 2.05) is 26.0 Å². The van der Waals surface area contributed by atoms with Gasteiger partial charge in [0.2, 0.25) is 0 Å². The summed E-state index contributed by atoms with van der Waals surface area (Å²) in [4.78, 5) is 12.3. The highest BCUT2D eigenvalue weighted by Crippen LogP contribution is 2.39. The number of hydrazone groups is 1. The summed E-state index contributed by atoms with van der Waals surface area (Å²) < 4.78 is 50.1. The van der Waals surface area contributed by atoms with E-state index in [1.54, 1.807) is 6.07 Å². The van der Waals surface area contributed by atoms with E-state index in [2.05, 4.69) is 5.10 Å². The lowest BCUT2D eigenvalue weighted by molar-refractivity contribution is -0.297. The monoisotopic (exact) mass is 382 g/mol. The zero-order valence-electron chi connectivity index (χ0n) is 14.6. The van der Waals surface area contributed by atoms with Gasteiger partial charge in [0, 0.05) is 12.6 Å². The number of aryl methyl sites for hydroxylation is 2. The molecule has 1 aromatic heterocycles. The van der Waals surface area contributed by atoms with Crippen LogP contribution < -0.4 is 4.74 Å². The fraction of sp³-hybridized carbons (Fsp3) is 0.333. The predicted octanol–water partition coefficient (Wildman–Crippen LogP) is 3.56. The zero-order chi connectivity index (χ0) is 19.8. The van der Waals surface area contributed by atoms with Crippen molar-refractivity contribution in [3.63, 3.8) is 0 Å². The van der Waals surface area contributed by atoms with Crippen molar-refractivity contribution < 1.29 is 32.2 Å². The van der Waals surface area contributed by atoms with E-state index in [0.29, 0.717) is 5.75 Å². The average Bonchev–Trinajstić information content (AvgIpc) is 3.20. The summed E-state index contributed by atoms with van der Waals surface area (Å²) in [5, 5.41) is 13.2. The second-order valence-electron chi connectivity index (χ2n) is 6.26. The first-order chi connectivity index (χ1) is 12.6. The number of rotatable bonds is 4. The number of ether oxygens (including phenoxy) is 1. The summed E-state index contributed by atoms with van der Waals surface area (Å²) in [6.07, 6.45) is -5.06. The van der Waals surface area contributed by atoms with Gasteiger partial charge < -0.3 is 14.3 Å². The van der Waals surface area contributed by atoms with Gasteiger partial charge in [-0.2, -0.15) is 23.3 Å². The van der Waals surface area contributed by atoms with Crippen LogP contribution in [-0.2, 0) is 6.61 Å². The molecule has 6 nitrogen and oxygen atoms in total. The van der Waals surface area contributed by atoms with Crippen LogP contribution in [0.2, 0.25) is 0 Å². The van der Waals surface area contributed by atoms with Crippen molar-refractivity contribution >= 4 is 12.1 Å². The molecule has 1 atom stereocenters. The molecule has 144 valence electrons. The van der Waals surface area contributed by atoms with Gasteiger partial charge in [0.25, 0.3) is 5.72 Å². The van der Waals surface area contributed by atoms with E-state index in [-0.39, 0.29) is 23.1 Å². The molecule has 0 aliphatic carbocycles. The fourth-order valence-electron chi connectivity index (χ4n) is 2.67. The molecule has 9 heteroatoms. The van der Waals surface area contributed by atoms with E-state index < -0.39 is 24.2 Å². The van der Waals surface area contributed by atoms with Crippen LogP contribution in [0.4, 0.5) is 13.2 Å². The number of nitrogens with zero attached hydrogens (tertiary/aromatic N) is 2. The van der Waals surface area contributed by atoms with Gasteiger partial charge in [-0.25, -0.2) is 0 Å². The third-order valence-electron chi connectivity index (χ3n) is 4.14. The summed E-state index contributed by atoms with van der Waals surface area (Å²) in [5.74, 6) is -0.699. The highest BCUT2D eigenvalue weighted by atomic mass is 19.4. The van der Waals surface area contributed by atoms with Crippen LogP contribution in [0.1, 0.15) is 33.9 Å². The minimum Gasteiger partial charge on any atom is -0.485 e. The van der Waals surface area contributed by atoms with Crippen molar-refractivity contribution in [2.45, 2.75) is 38.8 Å². The summed E-state index contributed by atoms with van der Waals surface area (Å²) in [6, 6.07) is 8.25. The molecule has 27 heavy (non-hydrogen) atoms. The number of amides is 1. The highest BCUT2D eigenvalue weighted by Gasteiger charge is 2.61. The van der Waals surface area contributed by atoms with Crippen LogP contribution in [0.3, 0.4) is 0 Å². The third-order valence-corrected chi connectivity index (χ3v) is 4.14. The number of furan rings is 1. The average molecular weight is 382 g/mol. The number of aliphatic hydroxyl groups is 1. The minimum atomic E-state index is -5.05. The quantitative estimate of drug-likeness (QED) is 0.877. The maximum absolute atomic E-state index is 13.1. The second kappa shape index (κ2) is 6.73. The van der Waals surface area contributed by atoms with Crippen LogP contribution in [0.5, 0.6) is 5.75 Å². The first-order valence-corrected chi connectivity index (χ1v) is 8.07. The molecule has 3 rings (SSSR count). The van der Waals surface area contributed by atoms with Gasteiger partial charge in [0.05, 0.1) is 0 Å². The standard InChI is InChI=1S/C18H17F3N2O4/c1-11-3-5-14(12(2)9-11)26-10-13-4-6-15(27-13)16(24)23-17(25,7-8-22-23)18(19,20)21/h3-6,8-9,25H,7,10H2,1-2H3/t17-/m1/s1. The molecule has 1 N–H and O–H groups in total. The Hall–Kier alpha value is -2.81. The molecule has 0 fully saturated rings. The maximum Gasteiger partial charge on any atom is 0.438 e. The Bertz CT molecular complexity index is 891. The minimum absolute atomic E-state index is 0.00993. The molecule has 0 saturated heterocycles. The number of halogens is 3. The Morgan fingerprint density at radius 2 is 2.07 bits per heavy atom. The second-order valence-corrected chi connectivity index (χ2v) is 6.26. The maximum atomic E-state index is 13.1. The topological polar surface area (TPSA) is 75.3 Å². The van der Waals surface area contributed by atoms with Gasteiger partial charge in [0.1, 0.15) is 18.1 Å². The molecular weight excluding hydrogens is 365 g/mol. The summed E-state index contributed by atoms with van der Waals surface area (Å²) in [7, 11) is 0. The first kappa shape index (κ1) is 19.0. The fourth-order valence-corrected chi connectivity index (χ4v) is 2.67. The highest BCUT2D eigenvalue weighted by molar-refractivity contribution is 5.93. The molecule has 1 aliphatic rings. The number of benzene rings is 1. The molecule has 1 amide bonds. The molecule has 0 spiro atoms. The van der Waals surface area contributed by atoms with Crippen LogP contribution in [0.25, 0.3) is 0 Å². The molecule has 0 bridgehead atoms. The predicted molar refractivity (Wildman–Crippen MR) is 89.2 cm³/mol. The van der Waals surface area contributed by atoms with Crippen molar-refractivity contribution in [1.82, 2.24) is 5.01 Å². The number of hydrogen-bond donors (Lipinski definition) is 1. The van der Waals surface area contributed by atoms with Gasteiger partial charge in [-0.1, -0.05) is 17.7 Å². The van der Waals surface area contributed by atoms with Gasteiger partial charge >= 0.3 is 12.1 Å². The molecule has 2 aromatic rings. The number of carbonyl (C=O) groups is 1. The molecule has 1 aliphatic heterocycles. The summed E-state index contributed by atoms with van der Waals surface area (Å²) in [6.45, 7) is 3.82. The molecule has 0 radical (unpaired) electrons. The number of carbonyl (C=O) groups excluding carboxylic acids is 1. The van der Waals surface area contributed by atoms with Gasteiger partial charge in [-0.3, -0.25) is 4.79 Å². The SMILES string of the molecule is Cc1ccc(OCc2ccc(C(=O)N3N=CC[C@@]3(O)C(F)(F)F)o2)c(C)c1. The zero-order valence-corrected chi connectivity index (χ0v) is 14.6. The Morgan fingerprint density at radius 3 is 2.74 bits per heavy atom. The van der Waals surface area contributed by atoms with Crippen LogP contribution in [0, 0.1) is 13.8 Å². The Labute approximate surface area is 152 Å². The Morgan fingerprint density at radius 1 is 1.33 bits per heavy atom. The van der Waals surface area contributed by atoms with E-state index in [9.17, 15) is 23.1 Å². The molecular formula is C18H17F3N2O4. The van der Waals surface area contributed by atoms with E-state index in [0.717, 1.165) is 17.3 Å². The van der Waals surface area contributed by atoms with E-state index in [1.165, 1.54) is 12.1 Å². The molecule has 0 unspecified atom stereocenters. The largest absolute Gasteiger partial charge is 0.485 e. The van der Waals surface area contributed by atoms with Crippen molar-refractivity contribution in [2.24, 2.45) is 5.10 Å². The number of hydrogen-bond acceptors (Lipinski definition) is 5. The van der Waals surface area contributed by atoms with E-state index >= 15 is 0 Å². The van der Waals surface area contributed by atoms with Crippen molar-refractivity contribution in [1.29, 1.82) is 0 Å². The lowest BCUT2D eigenvalue weighted by atomic mass is 10.1. The van der Waals surface area contributed by atoms with Crippen molar-refractivity contribution in [3.8, 4) is 5.75 Å². The molecule has 0 saturated carbocycles. The summed E-state index contributed by atoms with van der Waals surface area (Å²) in [5.41, 5.74) is -1.39. The lowest BCUT2D eigenvalue weighted by Crippen LogP contribution is -2.56. The van der Waals surface area contributed by atoms with Gasteiger partial charge in [-0.15, -0.1) is 0 Å². The van der Waals surface area contributed by atoms with Gasteiger partial charge in [0.15, 0.2) is 5.76 Å². The lowest BCUT2D eigenvalue weighted by Gasteiger charge is -2.31. The van der Waals surface area contributed by atoms with Crippen LogP contribution >= 0.6 is 0 Å². The smallest absolute Gasteiger partial charge is 0.438 e. The van der Waals surface area contributed by atoms with Crippen LogP contribution in [-0.4, -0.2) is 34.1 Å². The molecule has 1 aromatic carbocycles. The normalized spacial score (nSPS) is 19.6. The molecule has 2 heterocycles. The first-order valence-electron chi connectivity index (χ1n) is 8.07. The Balaban J connectivity index is 1.72. The van der Waals surface area contributed by atoms with E-state index in [4.69, 9.17) is 9.15 Å². The van der Waals surface area contributed by atoms with Crippen molar-refractivity contribution in [3.05, 3.63) is 53.0 Å². The third kappa shape index (κ3) is 3.55. The van der Waals surface area contributed by atoms with Gasteiger partial charge in [-0.05, 0) is 37.6 Å². The van der Waals surface area contributed by atoms with Crippen molar-refractivity contribution in [2.75, 3.05) is 0 Å². The Kier molecular flexibility index (Phi) is 4.73. The summed E-state index contributed by atoms with van der Waals surface area (Å²) >= 11 is 0.